The number of nitrogens with one attached hydrogen (secondary N) is 1. The van der Waals surface area contributed by atoms with E-state index in [1.807, 2.05) is 4.98 Å². The van der Waals surface area contributed by atoms with Gasteiger partial charge in [-0.1, -0.05) is 0 Å². The van der Waals surface area contributed by atoms with E-state index in [2.05, 4.69) is 0 Å². The van der Waals surface area contributed by atoms with Crippen molar-refractivity contribution in [2.75, 3.05) is 6.61 Å². The van der Waals surface area contributed by atoms with Gasteiger partial charge in [-0.2, -0.15) is 4.39 Å². The van der Waals surface area contributed by atoms with Gasteiger partial charge in [0.1, 0.15) is 12.3 Å². The van der Waals surface area contributed by atoms with Crippen LogP contribution in [0.25, 0.3) is 0 Å². The van der Waals surface area contributed by atoms with Crippen LogP contribution in [0.15, 0.2) is 15.8 Å². The van der Waals surface area contributed by atoms with Crippen molar-refractivity contribution in [1.82, 2.24) is 9.55 Å². The molecule has 2 saturated heterocycles. The fourth-order valence-corrected chi connectivity index (χ4v) is 1.97. The van der Waals surface area contributed by atoms with Crippen LogP contribution in [0.5, 0.6) is 0 Å². The SMILES string of the molecule is O=c1[nH]c(=O)n(C2CC3OCC3O2)cc1F. The molecule has 7 heteroatoms. The number of hydrogen-bond donors (Lipinski definition) is 1. The molecule has 1 aromatic rings. The lowest BCUT2D eigenvalue weighted by molar-refractivity contribution is -0.149. The highest BCUT2D eigenvalue weighted by molar-refractivity contribution is 4.93. The van der Waals surface area contributed by atoms with Crippen molar-refractivity contribution in [2.24, 2.45) is 0 Å². The summed E-state index contributed by atoms with van der Waals surface area (Å²) in [6.07, 6.45) is 0.766. The topological polar surface area (TPSA) is 73.3 Å². The molecule has 2 aliphatic rings. The molecule has 16 heavy (non-hydrogen) atoms. The summed E-state index contributed by atoms with van der Waals surface area (Å²) in [5.74, 6) is -0.997. The zero-order chi connectivity index (χ0) is 11.3. The van der Waals surface area contributed by atoms with E-state index in [1.165, 1.54) is 0 Å². The molecule has 0 aliphatic carbocycles. The average molecular weight is 228 g/mol. The van der Waals surface area contributed by atoms with Crippen molar-refractivity contribution in [1.29, 1.82) is 0 Å². The monoisotopic (exact) mass is 228 g/mol. The molecule has 3 atom stereocenters. The van der Waals surface area contributed by atoms with Gasteiger partial charge in [0, 0.05) is 6.42 Å². The third-order valence-corrected chi connectivity index (χ3v) is 2.89. The van der Waals surface area contributed by atoms with Gasteiger partial charge in [0.25, 0.3) is 5.56 Å². The minimum absolute atomic E-state index is 0.0214. The van der Waals surface area contributed by atoms with Crippen LogP contribution in [0.1, 0.15) is 12.6 Å². The summed E-state index contributed by atoms with van der Waals surface area (Å²) in [6, 6.07) is 0. The molecular formula is C9H9FN2O4. The van der Waals surface area contributed by atoms with Crippen LogP contribution in [0.3, 0.4) is 0 Å². The summed E-state index contributed by atoms with van der Waals surface area (Å²) >= 11 is 0. The Morgan fingerprint density at radius 2 is 2.25 bits per heavy atom. The Kier molecular flexibility index (Phi) is 1.98. The molecule has 86 valence electrons. The first kappa shape index (κ1) is 9.73. The van der Waals surface area contributed by atoms with E-state index in [0.29, 0.717) is 13.0 Å². The third-order valence-electron chi connectivity index (χ3n) is 2.89. The maximum absolute atomic E-state index is 13.0. The van der Waals surface area contributed by atoms with Crippen molar-refractivity contribution >= 4 is 0 Å². The second kappa shape index (κ2) is 3.26. The number of nitrogens with zero attached hydrogens (tertiary/aromatic N) is 1. The largest absolute Gasteiger partial charge is 0.372 e. The first-order valence-electron chi connectivity index (χ1n) is 4.93. The Labute approximate surface area is 88.6 Å². The summed E-state index contributed by atoms with van der Waals surface area (Å²) in [7, 11) is 0. The van der Waals surface area contributed by atoms with Gasteiger partial charge >= 0.3 is 5.69 Å². The molecule has 0 amide bonds. The molecule has 2 fully saturated rings. The third kappa shape index (κ3) is 1.32. The zero-order valence-corrected chi connectivity index (χ0v) is 8.18. The lowest BCUT2D eigenvalue weighted by Crippen LogP contribution is -2.40. The van der Waals surface area contributed by atoms with Crippen LogP contribution in [0, 0.1) is 5.82 Å². The second-order valence-corrected chi connectivity index (χ2v) is 3.88. The van der Waals surface area contributed by atoms with Gasteiger partial charge < -0.3 is 9.47 Å². The van der Waals surface area contributed by atoms with Gasteiger partial charge in [0.2, 0.25) is 5.82 Å². The summed E-state index contributed by atoms with van der Waals surface area (Å²) in [4.78, 5) is 24.2. The Balaban J connectivity index is 1.97. The summed E-state index contributed by atoms with van der Waals surface area (Å²) in [5, 5.41) is 0. The van der Waals surface area contributed by atoms with Gasteiger partial charge in [0.05, 0.1) is 18.9 Å². The van der Waals surface area contributed by atoms with Crippen LogP contribution in [0.4, 0.5) is 4.39 Å². The summed E-state index contributed by atoms with van der Waals surface area (Å²) < 4.78 is 24.8. The van der Waals surface area contributed by atoms with Crippen molar-refractivity contribution in [3.05, 3.63) is 32.9 Å². The van der Waals surface area contributed by atoms with E-state index >= 15 is 0 Å². The zero-order valence-electron chi connectivity index (χ0n) is 8.18. The molecule has 3 unspecified atom stereocenters. The molecule has 0 spiro atoms. The molecule has 0 radical (unpaired) electrons. The summed E-state index contributed by atoms with van der Waals surface area (Å²) in [6.45, 7) is 0.502. The number of hydrogen-bond acceptors (Lipinski definition) is 4. The second-order valence-electron chi connectivity index (χ2n) is 3.88. The molecule has 1 aromatic heterocycles. The molecule has 2 aliphatic heterocycles. The van der Waals surface area contributed by atoms with E-state index in [9.17, 15) is 14.0 Å². The Hall–Kier alpha value is -1.47. The fourth-order valence-electron chi connectivity index (χ4n) is 1.97. The normalized spacial score (nSPS) is 32.2. The van der Waals surface area contributed by atoms with E-state index in [0.717, 1.165) is 10.8 Å². The minimum Gasteiger partial charge on any atom is -0.372 e. The lowest BCUT2D eigenvalue weighted by atomic mass is 10.1. The van der Waals surface area contributed by atoms with Crippen molar-refractivity contribution in [3.63, 3.8) is 0 Å². The van der Waals surface area contributed by atoms with Crippen LogP contribution in [-0.2, 0) is 9.47 Å². The first-order chi connectivity index (χ1) is 7.65. The van der Waals surface area contributed by atoms with Gasteiger partial charge in [-0.3, -0.25) is 14.3 Å². The van der Waals surface area contributed by atoms with E-state index in [1.54, 1.807) is 0 Å². The van der Waals surface area contributed by atoms with Crippen LogP contribution in [0.2, 0.25) is 0 Å². The predicted molar refractivity (Wildman–Crippen MR) is 49.5 cm³/mol. The van der Waals surface area contributed by atoms with Crippen molar-refractivity contribution in [2.45, 2.75) is 24.9 Å². The molecule has 0 bridgehead atoms. The highest BCUT2D eigenvalue weighted by Gasteiger charge is 2.44. The molecule has 3 rings (SSSR count). The van der Waals surface area contributed by atoms with Gasteiger partial charge in [-0.25, -0.2) is 4.79 Å². The lowest BCUT2D eigenvalue weighted by Gasteiger charge is -2.28. The van der Waals surface area contributed by atoms with Crippen LogP contribution < -0.4 is 11.2 Å². The smallest absolute Gasteiger partial charge is 0.330 e. The number of aromatic amines is 1. The van der Waals surface area contributed by atoms with Crippen molar-refractivity contribution in [3.8, 4) is 0 Å². The van der Waals surface area contributed by atoms with Crippen molar-refractivity contribution < 1.29 is 13.9 Å². The van der Waals surface area contributed by atoms with Gasteiger partial charge in [-0.05, 0) is 0 Å². The molecule has 6 nitrogen and oxygen atoms in total. The van der Waals surface area contributed by atoms with E-state index in [-0.39, 0.29) is 12.2 Å². The number of H-pyrrole nitrogens is 1. The maximum atomic E-state index is 13.0. The highest BCUT2D eigenvalue weighted by Crippen LogP contribution is 2.35. The minimum atomic E-state index is -1.02. The molecule has 0 aromatic carbocycles. The quantitative estimate of drug-likeness (QED) is 0.694. The number of rotatable bonds is 1. The summed E-state index contributed by atoms with van der Waals surface area (Å²) in [5.41, 5.74) is -1.68. The van der Waals surface area contributed by atoms with Gasteiger partial charge in [-0.15, -0.1) is 0 Å². The molecular weight excluding hydrogens is 219 g/mol. The fraction of sp³-hybridized carbons (Fsp3) is 0.556. The first-order valence-corrected chi connectivity index (χ1v) is 4.93. The Morgan fingerprint density at radius 3 is 2.81 bits per heavy atom. The number of aromatic nitrogens is 2. The standard InChI is InChI=1S/C9H9FN2O4/c10-4-2-12(9(14)11-8(4)13)7-1-5-6(16-7)3-15-5/h2,5-7H,1,3H2,(H,11,13,14). The maximum Gasteiger partial charge on any atom is 0.330 e. The van der Waals surface area contributed by atoms with Gasteiger partial charge in [0.15, 0.2) is 0 Å². The van der Waals surface area contributed by atoms with E-state index < -0.39 is 23.3 Å². The molecule has 0 saturated carbocycles. The number of fused-ring (bicyclic) bond motifs is 1. The predicted octanol–water partition coefficient (Wildman–Crippen LogP) is -0.638. The average Bonchev–Trinajstić information content (AvgIpc) is 2.49. The van der Waals surface area contributed by atoms with Crippen LogP contribution in [-0.4, -0.2) is 28.4 Å². The number of ether oxygens (including phenoxy) is 2. The highest BCUT2D eigenvalue weighted by atomic mass is 19.1. The molecule has 1 N–H and O–H groups in total. The Bertz CT molecular complexity index is 525. The van der Waals surface area contributed by atoms with Crippen LogP contribution >= 0.6 is 0 Å². The number of halogens is 1. The van der Waals surface area contributed by atoms with E-state index in [4.69, 9.17) is 9.47 Å². The molecule has 3 heterocycles. The Morgan fingerprint density at radius 1 is 1.44 bits per heavy atom.